The largest absolute Gasteiger partial charge is 0.493 e. The molecule has 0 saturated carbocycles. The second kappa shape index (κ2) is 8.56. The van der Waals surface area contributed by atoms with Crippen LogP contribution in [0.4, 0.5) is 0 Å². The summed E-state index contributed by atoms with van der Waals surface area (Å²) in [5, 5.41) is 1.95. The van der Waals surface area contributed by atoms with Gasteiger partial charge in [-0.3, -0.25) is 4.79 Å². The summed E-state index contributed by atoms with van der Waals surface area (Å²) in [6.45, 7) is 7.26. The molecule has 0 heterocycles. The van der Waals surface area contributed by atoms with E-state index in [2.05, 4.69) is 13.8 Å². The number of unbranched alkanes of at least 4 members (excludes halogenated alkanes) is 2. The number of ether oxygens (including phenoxy) is 2. The van der Waals surface area contributed by atoms with Gasteiger partial charge >= 0.3 is 0 Å². The number of ketones is 1. The predicted molar refractivity (Wildman–Crippen MR) is 94.8 cm³/mol. The lowest BCUT2D eigenvalue weighted by molar-refractivity contribution is 0.101. The summed E-state index contributed by atoms with van der Waals surface area (Å²) in [7, 11) is 0. The van der Waals surface area contributed by atoms with Crippen LogP contribution in [-0.2, 0) is 0 Å². The smallest absolute Gasteiger partial charge is 0.159 e. The van der Waals surface area contributed by atoms with Crippen molar-refractivity contribution < 1.29 is 14.3 Å². The third-order valence-electron chi connectivity index (χ3n) is 3.85. The molecule has 0 aliphatic carbocycles. The quantitative estimate of drug-likeness (QED) is 0.459. The van der Waals surface area contributed by atoms with E-state index in [0.29, 0.717) is 18.8 Å². The Morgan fingerprint density at radius 1 is 0.870 bits per heavy atom. The first-order valence-corrected chi connectivity index (χ1v) is 8.50. The van der Waals surface area contributed by atoms with E-state index < -0.39 is 0 Å². The van der Waals surface area contributed by atoms with Crippen molar-refractivity contribution in [1.29, 1.82) is 0 Å². The van der Waals surface area contributed by atoms with Gasteiger partial charge in [-0.15, -0.1) is 0 Å². The van der Waals surface area contributed by atoms with Gasteiger partial charge in [0, 0.05) is 16.3 Å². The molecule has 0 spiro atoms. The standard InChI is InChI=1S/C20H26O3/c1-4-6-12-22-19-10-11-20(23-13-7-5-2)18-14-16(15(3)21)8-9-17(18)19/h8-11,14H,4-7,12-13H2,1-3H3. The second-order valence-corrected chi connectivity index (χ2v) is 5.78. The molecule has 0 unspecified atom stereocenters. The Bertz CT molecular complexity index is 661. The fourth-order valence-corrected chi connectivity index (χ4v) is 2.42. The normalized spacial score (nSPS) is 10.7. The number of carbonyl (C=O) groups excluding carboxylic acids is 1. The van der Waals surface area contributed by atoms with Crippen LogP contribution in [0, 0.1) is 0 Å². The number of benzene rings is 2. The van der Waals surface area contributed by atoms with Gasteiger partial charge in [0.2, 0.25) is 0 Å². The summed E-state index contributed by atoms with van der Waals surface area (Å²) in [4.78, 5) is 11.7. The zero-order valence-electron chi connectivity index (χ0n) is 14.4. The molecule has 2 rings (SSSR count). The summed E-state index contributed by atoms with van der Waals surface area (Å²) in [5.74, 6) is 1.73. The minimum atomic E-state index is 0.0590. The summed E-state index contributed by atoms with van der Waals surface area (Å²) in [5.41, 5.74) is 0.698. The van der Waals surface area contributed by atoms with Gasteiger partial charge in [-0.1, -0.05) is 32.8 Å². The first-order valence-electron chi connectivity index (χ1n) is 8.50. The molecule has 2 aromatic rings. The van der Waals surface area contributed by atoms with E-state index in [9.17, 15) is 4.79 Å². The van der Waals surface area contributed by atoms with Crippen molar-refractivity contribution >= 4 is 16.6 Å². The molecular formula is C20H26O3. The van der Waals surface area contributed by atoms with E-state index in [4.69, 9.17) is 9.47 Å². The van der Waals surface area contributed by atoms with E-state index in [-0.39, 0.29) is 5.78 Å². The summed E-state index contributed by atoms with van der Waals surface area (Å²) in [6.07, 6.45) is 4.24. The number of Topliss-reactive ketones (excluding diaryl/α,β-unsaturated/α-hetero) is 1. The molecular weight excluding hydrogens is 288 g/mol. The first kappa shape index (κ1) is 17.3. The van der Waals surface area contributed by atoms with E-state index >= 15 is 0 Å². The van der Waals surface area contributed by atoms with Crippen molar-refractivity contribution in [3.63, 3.8) is 0 Å². The monoisotopic (exact) mass is 314 g/mol. The molecule has 0 amide bonds. The molecule has 0 atom stereocenters. The highest BCUT2D eigenvalue weighted by Crippen LogP contribution is 2.34. The molecule has 0 N–H and O–H groups in total. The number of hydrogen-bond donors (Lipinski definition) is 0. The summed E-state index contributed by atoms with van der Waals surface area (Å²) < 4.78 is 11.8. The van der Waals surface area contributed by atoms with Crippen molar-refractivity contribution in [2.24, 2.45) is 0 Å². The highest BCUT2D eigenvalue weighted by molar-refractivity contribution is 6.01. The van der Waals surface area contributed by atoms with Gasteiger partial charge in [0.15, 0.2) is 5.78 Å². The van der Waals surface area contributed by atoms with Gasteiger partial charge in [0.1, 0.15) is 11.5 Å². The Hall–Kier alpha value is -2.03. The van der Waals surface area contributed by atoms with Crippen LogP contribution in [0.2, 0.25) is 0 Å². The van der Waals surface area contributed by atoms with Crippen molar-refractivity contribution in [2.45, 2.75) is 46.5 Å². The van der Waals surface area contributed by atoms with Crippen LogP contribution in [-0.4, -0.2) is 19.0 Å². The lowest BCUT2D eigenvalue weighted by atomic mass is 10.0. The van der Waals surface area contributed by atoms with Gasteiger partial charge in [0.05, 0.1) is 13.2 Å². The molecule has 0 bridgehead atoms. The van der Waals surface area contributed by atoms with E-state index in [1.54, 1.807) is 6.92 Å². The number of carbonyl (C=O) groups is 1. The molecule has 3 nitrogen and oxygen atoms in total. The Labute approximate surface area is 138 Å². The van der Waals surface area contributed by atoms with Crippen LogP contribution >= 0.6 is 0 Å². The van der Waals surface area contributed by atoms with Crippen LogP contribution in [0.1, 0.15) is 56.8 Å². The van der Waals surface area contributed by atoms with E-state index in [1.807, 2.05) is 30.3 Å². The molecule has 0 saturated heterocycles. The van der Waals surface area contributed by atoms with Crippen LogP contribution in [0.15, 0.2) is 30.3 Å². The maximum Gasteiger partial charge on any atom is 0.159 e. The Balaban J connectivity index is 2.39. The topological polar surface area (TPSA) is 35.5 Å². The maximum atomic E-state index is 11.7. The highest BCUT2D eigenvalue weighted by Gasteiger charge is 2.11. The summed E-state index contributed by atoms with van der Waals surface area (Å²) in [6, 6.07) is 9.63. The highest BCUT2D eigenvalue weighted by atomic mass is 16.5. The third kappa shape index (κ3) is 4.47. The molecule has 0 radical (unpaired) electrons. The number of fused-ring (bicyclic) bond motifs is 1. The number of rotatable bonds is 9. The number of hydrogen-bond acceptors (Lipinski definition) is 3. The van der Waals surface area contributed by atoms with E-state index in [1.165, 1.54) is 0 Å². The van der Waals surface area contributed by atoms with Crippen molar-refractivity contribution in [2.75, 3.05) is 13.2 Å². The molecule has 0 aliphatic rings. The zero-order chi connectivity index (χ0) is 16.7. The Morgan fingerprint density at radius 2 is 1.43 bits per heavy atom. The van der Waals surface area contributed by atoms with Crippen LogP contribution in [0.3, 0.4) is 0 Å². The van der Waals surface area contributed by atoms with E-state index in [0.717, 1.165) is 48.0 Å². The van der Waals surface area contributed by atoms with Gasteiger partial charge in [-0.2, -0.15) is 0 Å². The average Bonchev–Trinajstić information content (AvgIpc) is 2.56. The Morgan fingerprint density at radius 3 is 1.96 bits per heavy atom. The maximum absolute atomic E-state index is 11.7. The first-order chi connectivity index (χ1) is 11.2. The minimum Gasteiger partial charge on any atom is -0.493 e. The van der Waals surface area contributed by atoms with Gasteiger partial charge in [-0.25, -0.2) is 0 Å². The molecule has 23 heavy (non-hydrogen) atoms. The summed E-state index contributed by atoms with van der Waals surface area (Å²) >= 11 is 0. The van der Waals surface area contributed by atoms with Crippen molar-refractivity contribution in [1.82, 2.24) is 0 Å². The van der Waals surface area contributed by atoms with Crippen LogP contribution < -0.4 is 9.47 Å². The molecule has 2 aromatic carbocycles. The third-order valence-corrected chi connectivity index (χ3v) is 3.85. The van der Waals surface area contributed by atoms with Gasteiger partial charge in [-0.05, 0) is 44.0 Å². The second-order valence-electron chi connectivity index (χ2n) is 5.78. The van der Waals surface area contributed by atoms with Gasteiger partial charge < -0.3 is 9.47 Å². The average molecular weight is 314 g/mol. The van der Waals surface area contributed by atoms with Crippen molar-refractivity contribution in [3.05, 3.63) is 35.9 Å². The van der Waals surface area contributed by atoms with Crippen molar-refractivity contribution in [3.8, 4) is 11.5 Å². The SMILES string of the molecule is CCCCOc1ccc(OCCCC)c2cc(C(C)=O)ccc12. The predicted octanol–water partition coefficient (Wildman–Crippen LogP) is 5.40. The fourth-order valence-electron chi connectivity index (χ4n) is 2.42. The minimum absolute atomic E-state index is 0.0590. The molecule has 0 aliphatic heterocycles. The van der Waals surface area contributed by atoms with Gasteiger partial charge in [0.25, 0.3) is 0 Å². The van der Waals surface area contributed by atoms with Crippen LogP contribution in [0.25, 0.3) is 10.8 Å². The molecule has 0 fully saturated rings. The lowest BCUT2D eigenvalue weighted by Crippen LogP contribution is -2.01. The Kier molecular flexibility index (Phi) is 6.45. The lowest BCUT2D eigenvalue weighted by Gasteiger charge is -2.14. The molecule has 3 heteroatoms. The van der Waals surface area contributed by atoms with Crippen LogP contribution in [0.5, 0.6) is 11.5 Å². The fraction of sp³-hybridized carbons (Fsp3) is 0.450. The molecule has 0 aromatic heterocycles. The molecule has 124 valence electrons. The zero-order valence-corrected chi connectivity index (χ0v) is 14.4.